The molecule has 0 spiro atoms. The highest BCUT2D eigenvalue weighted by Crippen LogP contribution is 2.15. The van der Waals surface area contributed by atoms with Gasteiger partial charge in [0.1, 0.15) is 5.82 Å². The maximum atomic E-state index is 11.9. The molecule has 1 aromatic rings. The summed E-state index contributed by atoms with van der Waals surface area (Å²) in [6, 6.07) is 3.44. The molecule has 8 heteroatoms. The van der Waals surface area contributed by atoms with Crippen LogP contribution in [-0.2, 0) is 4.84 Å². The Morgan fingerprint density at radius 3 is 2.43 bits per heavy atom. The third-order valence-electron chi connectivity index (χ3n) is 3.43. The monoisotopic (exact) mass is 294 g/mol. The lowest BCUT2D eigenvalue weighted by Gasteiger charge is -2.33. The van der Waals surface area contributed by atoms with Crippen molar-refractivity contribution in [1.29, 1.82) is 0 Å². The van der Waals surface area contributed by atoms with E-state index in [0.29, 0.717) is 31.7 Å². The van der Waals surface area contributed by atoms with Gasteiger partial charge in [0.15, 0.2) is 0 Å². The van der Waals surface area contributed by atoms with Crippen molar-refractivity contribution in [2.24, 2.45) is 0 Å². The molecule has 0 radical (unpaired) electrons. The van der Waals surface area contributed by atoms with E-state index in [0.717, 1.165) is 10.9 Å². The lowest BCUT2D eigenvalue weighted by molar-refractivity contribution is -0.0757. The molecular formula is C13H18N4O4. The number of pyridine rings is 1. The minimum Gasteiger partial charge on any atom is -0.465 e. The first-order valence-electron chi connectivity index (χ1n) is 6.54. The summed E-state index contributed by atoms with van der Waals surface area (Å²) in [5.41, 5.74) is 0.437. The van der Waals surface area contributed by atoms with Gasteiger partial charge in [-0.05, 0) is 12.1 Å². The number of anilines is 1. The van der Waals surface area contributed by atoms with Gasteiger partial charge in [-0.1, -0.05) is 0 Å². The van der Waals surface area contributed by atoms with Crippen molar-refractivity contribution in [3.63, 3.8) is 0 Å². The van der Waals surface area contributed by atoms with Gasteiger partial charge >= 0.3 is 6.09 Å². The van der Waals surface area contributed by atoms with Crippen molar-refractivity contribution in [1.82, 2.24) is 14.9 Å². The molecule has 8 nitrogen and oxygen atoms in total. The number of hydrogen-bond acceptors (Lipinski definition) is 5. The maximum absolute atomic E-state index is 11.9. The molecule has 21 heavy (non-hydrogen) atoms. The summed E-state index contributed by atoms with van der Waals surface area (Å²) in [6.07, 6.45) is 0.600. The van der Waals surface area contributed by atoms with Crippen LogP contribution in [-0.4, -0.2) is 72.4 Å². The topological polar surface area (TPSA) is 86.2 Å². The average molecular weight is 294 g/mol. The van der Waals surface area contributed by atoms with Gasteiger partial charge in [0.05, 0.1) is 12.7 Å². The van der Waals surface area contributed by atoms with Gasteiger partial charge in [-0.3, -0.25) is 9.63 Å². The number of piperazine rings is 1. The molecule has 2 heterocycles. The molecule has 0 aliphatic carbocycles. The van der Waals surface area contributed by atoms with Crippen molar-refractivity contribution in [2.45, 2.75) is 0 Å². The van der Waals surface area contributed by atoms with E-state index in [1.807, 2.05) is 4.90 Å². The van der Waals surface area contributed by atoms with Crippen LogP contribution in [0.3, 0.4) is 0 Å². The molecule has 114 valence electrons. The van der Waals surface area contributed by atoms with Crippen molar-refractivity contribution >= 4 is 17.8 Å². The Bertz CT molecular complexity index is 511. The van der Waals surface area contributed by atoms with Gasteiger partial charge in [-0.2, -0.15) is 0 Å². The highest BCUT2D eigenvalue weighted by molar-refractivity contribution is 5.93. The molecule has 1 fully saturated rings. The van der Waals surface area contributed by atoms with Crippen LogP contribution in [0.15, 0.2) is 18.3 Å². The lowest BCUT2D eigenvalue weighted by Crippen LogP contribution is -2.48. The number of nitrogens with zero attached hydrogens (tertiary/aromatic N) is 4. The molecule has 1 aliphatic heterocycles. The Hall–Kier alpha value is -2.35. The van der Waals surface area contributed by atoms with Crippen molar-refractivity contribution < 1.29 is 19.5 Å². The van der Waals surface area contributed by atoms with Gasteiger partial charge in [-0.25, -0.2) is 14.8 Å². The largest absolute Gasteiger partial charge is 0.465 e. The summed E-state index contributed by atoms with van der Waals surface area (Å²) in [5.74, 6) is 0.462. The zero-order valence-corrected chi connectivity index (χ0v) is 12.0. The summed E-state index contributed by atoms with van der Waals surface area (Å²) in [6.45, 7) is 2.07. The first-order chi connectivity index (χ1) is 10.0. The number of carboxylic acid groups (broad SMARTS) is 1. The van der Waals surface area contributed by atoms with E-state index in [9.17, 15) is 9.59 Å². The Labute approximate surface area is 122 Å². The molecule has 1 aliphatic rings. The van der Waals surface area contributed by atoms with Crippen molar-refractivity contribution in [3.05, 3.63) is 23.9 Å². The van der Waals surface area contributed by atoms with Crippen LogP contribution >= 0.6 is 0 Å². The molecule has 0 aromatic carbocycles. The van der Waals surface area contributed by atoms with E-state index in [1.165, 1.54) is 25.3 Å². The molecule has 2 amide bonds. The number of hydroxylamine groups is 2. The Morgan fingerprint density at radius 1 is 1.29 bits per heavy atom. The highest BCUT2D eigenvalue weighted by atomic mass is 16.7. The molecule has 0 saturated carbocycles. The second kappa shape index (κ2) is 6.40. The summed E-state index contributed by atoms with van der Waals surface area (Å²) in [7, 11) is 2.95. The molecule has 2 rings (SSSR count). The molecule has 1 aromatic heterocycles. The fourth-order valence-corrected chi connectivity index (χ4v) is 2.09. The van der Waals surface area contributed by atoms with E-state index < -0.39 is 6.09 Å². The van der Waals surface area contributed by atoms with E-state index in [4.69, 9.17) is 9.94 Å². The van der Waals surface area contributed by atoms with Gasteiger partial charge in [0.2, 0.25) is 0 Å². The fraction of sp³-hybridized carbons (Fsp3) is 0.462. The van der Waals surface area contributed by atoms with Gasteiger partial charge < -0.3 is 14.9 Å². The average Bonchev–Trinajstić information content (AvgIpc) is 2.53. The highest BCUT2D eigenvalue weighted by Gasteiger charge is 2.21. The van der Waals surface area contributed by atoms with Gasteiger partial charge in [0, 0.05) is 39.4 Å². The Morgan fingerprint density at radius 2 is 1.95 bits per heavy atom. The Kier molecular flexibility index (Phi) is 4.59. The van der Waals surface area contributed by atoms with Crippen LogP contribution in [0, 0.1) is 0 Å². The normalized spacial score (nSPS) is 15.0. The van der Waals surface area contributed by atoms with Gasteiger partial charge in [-0.15, -0.1) is 0 Å². The SMILES string of the molecule is CON(C)C(=O)c1ccc(N2CCN(C(=O)O)CC2)nc1. The first kappa shape index (κ1) is 15.0. The summed E-state index contributed by atoms with van der Waals surface area (Å²) < 4.78 is 0. The number of carbonyl (C=O) groups is 2. The smallest absolute Gasteiger partial charge is 0.407 e. The van der Waals surface area contributed by atoms with Crippen LogP contribution in [0.1, 0.15) is 10.4 Å². The van der Waals surface area contributed by atoms with Crippen molar-refractivity contribution in [3.8, 4) is 0 Å². The summed E-state index contributed by atoms with van der Waals surface area (Å²) in [5, 5.41) is 10.0. The molecular weight excluding hydrogens is 276 g/mol. The molecule has 1 N–H and O–H groups in total. The minimum atomic E-state index is -0.897. The van der Waals surface area contributed by atoms with Gasteiger partial charge in [0.25, 0.3) is 5.91 Å². The van der Waals surface area contributed by atoms with Crippen molar-refractivity contribution in [2.75, 3.05) is 45.2 Å². The van der Waals surface area contributed by atoms with Crippen LogP contribution in [0.5, 0.6) is 0 Å². The first-order valence-corrected chi connectivity index (χ1v) is 6.54. The number of rotatable bonds is 3. The lowest BCUT2D eigenvalue weighted by atomic mass is 10.2. The fourth-order valence-electron chi connectivity index (χ4n) is 2.09. The van der Waals surface area contributed by atoms with E-state index in [2.05, 4.69) is 4.98 Å². The van der Waals surface area contributed by atoms with E-state index in [-0.39, 0.29) is 5.91 Å². The van der Waals surface area contributed by atoms with Crippen LogP contribution in [0.4, 0.5) is 10.6 Å². The summed E-state index contributed by atoms with van der Waals surface area (Å²) >= 11 is 0. The second-order valence-corrected chi connectivity index (χ2v) is 4.65. The Balaban J connectivity index is 2.00. The van der Waals surface area contributed by atoms with Crippen LogP contribution in [0.25, 0.3) is 0 Å². The zero-order chi connectivity index (χ0) is 15.4. The number of hydrogen-bond donors (Lipinski definition) is 1. The van der Waals surface area contributed by atoms with E-state index >= 15 is 0 Å². The maximum Gasteiger partial charge on any atom is 0.407 e. The molecule has 0 bridgehead atoms. The molecule has 0 atom stereocenters. The number of carbonyl (C=O) groups excluding carboxylic acids is 1. The standard InChI is InChI=1S/C13H18N4O4/c1-15(21-2)12(18)10-3-4-11(14-9-10)16-5-7-17(8-6-16)13(19)20/h3-4,9H,5-8H2,1-2H3,(H,19,20). The van der Waals surface area contributed by atoms with Crippen LogP contribution < -0.4 is 4.90 Å². The van der Waals surface area contributed by atoms with E-state index in [1.54, 1.807) is 12.1 Å². The van der Waals surface area contributed by atoms with Crippen LogP contribution in [0.2, 0.25) is 0 Å². The number of aromatic nitrogens is 1. The third-order valence-corrected chi connectivity index (χ3v) is 3.43. The summed E-state index contributed by atoms with van der Waals surface area (Å²) in [4.78, 5) is 35.2. The molecule has 1 saturated heterocycles. The number of amides is 2. The minimum absolute atomic E-state index is 0.271. The zero-order valence-electron chi connectivity index (χ0n) is 12.0. The predicted molar refractivity (Wildman–Crippen MR) is 75.2 cm³/mol. The quantitative estimate of drug-likeness (QED) is 0.818. The second-order valence-electron chi connectivity index (χ2n) is 4.65. The predicted octanol–water partition coefficient (Wildman–Crippen LogP) is 0.515. The molecule has 0 unspecified atom stereocenters. The third kappa shape index (κ3) is 3.40.